The predicted molar refractivity (Wildman–Crippen MR) is 84.8 cm³/mol. The molecule has 2 aromatic rings. The maximum absolute atomic E-state index is 5.42. The molecule has 0 atom stereocenters. The van der Waals surface area contributed by atoms with Gasteiger partial charge >= 0.3 is 0 Å². The van der Waals surface area contributed by atoms with Gasteiger partial charge in [-0.25, -0.2) is 0 Å². The summed E-state index contributed by atoms with van der Waals surface area (Å²) in [7, 11) is 0. The lowest BCUT2D eigenvalue weighted by molar-refractivity contribution is 0.340. The van der Waals surface area contributed by atoms with Gasteiger partial charge in [0, 0.05) is 6.20 Å². The predicted octanol–water partition coefficient (Wildman–Crippen LogP) is 4.60. The lowest BCUT2D eigenvalue weighted by atomic mass is 10.1. The Balaban J connectivity index is 2.01. The van der Waals surface area contributed by atoms with Gasteiger partial charge in [0.1, 0.15) is 5.75 Å². The molecule has 0 saturated heterocycles. The number of hydrogen-bond acceptors (Lipinski definition) is 2. The molecule has 2 nitrogen and oxygen atoms in total. The van der Waals surface area contributed by atoms with Crippen molar-refractivity contribution in [2.24, 2.45) is 0 Å². The number of aryl methyl sites for hydroxylation is 1. The summed E-state index contributed by atoms with van der Waals surface area (Å²) in [5.74, 6) is 0.909. The van der Waals surface area contributed by atoms with Gasteiger partial charge in [-0.15, -0.1) is 0 Å². The Bertz CT molecular complexity index is 489. The Morgan fingerprint density at radius 1 is 1.00 bits per heavy atom. The second-order valence-electron chi connectivity index (χ2n) is 4.68. The first-order valence-electron chi connectivity index (χ1n) is 7.17. The number of nitrogens with zero attached hydrogens (tertiary/aromatic N) is 1. The zero-order valence-electron chi connectivity index (χ0n) is 12.2. The number of hydrogen-bond donors (Lipinski definition) is 0. The van der Waals surface area contributed by atoms with Gasteiger partial charge in [-0.05, 0) is 48.7 Å². The highest BCUT2D eigenvalue weighted by Crippen LogP contribution is 2.14. The largest absolute Gasteiger partial charge is 0.494 e. The minimum absolute atomic E-state index is 0.698. The summed E-state index contributed by atoms with van der Waals surface area (Å²) in [6.07, 6.45) is 8.31. The number of aromatic nitrogens is 1. The highest BCUT2D eigenvalue weighted by atomic mass is 16.5. The van der Waals surface area contributed by atoms with Crippen LogP contribution in [0.15, 0.2) is 42.6 Å². The minimum atomic E-state index is 0.698. The van der Waals surface area contributed by atoms with Crippen molar-refractivity contribution < 1.29 is 4.74 Å². The Morgan fingerprint density at radius 2 is 1.80 bits per heavy atom. The molecule has 0 radical (unpaired) electrons. The normalized spacial score (nSPS) is 10.9. The molecule has 20 heavy (non-hydrogen) atoms. The fraction of sp³-hybridized carbons (Fsp3) is 0.278. The zero-order valence-corrected chi connectivity index (χ0v) is 12.2. The van der Waals surface area contributed by atoms with E-state index >= 15 is 0 Å². The fourth-order valence-corrected chi connectivity index (χ4v) is 1.99. The summed E-state index contributed by atoms with van der Waals surface area (Å²) in [5, 5.41) is 0. The molecule has 0 aliphatic carbocycles. The average molecular weight is 267 g/mol. The lowest BCUT2D eigenvalue weighted by Gasteiger charge is -2.02. The van der Waals surface area contributed by atoms with Gasteiger partial charge in [-0.2, -0.15) is 0 Å². The van der Waals surface area contributed by atoms with Gasteiger partial charge in [0.05, 0.1) is 12.3 Å². The van der Waals surface area contributed by atoms with E-state index in [1.165, 1.54) is 5.56 Å². The Kier molecular flexibility index (Phi) is 5.36. The van der Waals surface area contributed by atoms with E-state index in [0.717, 1.165) is 29.8 Å². The van der Waals surface area contributed by atoms with Gasteiger partial charge in [0.25, 0.3) is 0 Å². The summed E-state index contributed by atoms with van der Waals surface area (Å²) < 4.78 is 5.42. The van der Waals surface area contributed by atoms with Crippen LogP contribution in [0.1, 0.15) is 37.1 Å². The summed E-state index contributed by atoms with van der Waals surface area (Å²) in [4.78, 5) is 4.45. The van der Waals surface area contributed by atoms with Gasteiger partial charge < -0.3 is 4.74 Å². The van der Waals surface area contributed by atoms with Gasteiger partial charge in [0.15, 0.2) is 0 Å². The fourth-order valence-electron chi connectivity index (χ4n) is 1.99. The number of rotatable bonds is 6. The van der Waals surface area contributed by atoms with E-state index in [2.05, 4.69) is 30.1 Å². The molecule has 2 heteroatoms. The molecule has 0 spiro atoms. The van der Waals surface area contributed by atoms with E-state index in [9.17, 15) is 0 Å². The smallest absolute Gasteiger partial charge is 0.119 e. The molecule has 0 fully saturated rings. The van der Waals surface area contributed by atoms with Crippen LogP contribution in [0.2, 0.25) is 0 Å². The number of ether oxygens (including phenoxy) is 1. The lowest BCUT2D eigenvalue weighted by Crippen LogP contribution is -1.90. The van der Waals surface area contributed by atoms with Crippen molar-refractivity contribution in [2.75, 3.05) is 6.61 Å². The van der Waals surface area contributed by atoms with Crippen LogP contribution in [-0.4, -0.2) is 11.6 Å². The quantitative estimate of drug-likeness (QED) is 0.763. The van der Waals surface area contributed by atoms with E-state index in [0.29, 0.717) is 6.61 Å². The molecule has 0 amide bonds. The van der Waals surface area contributed by atoms with Crippen LogP contribution < -0.4 is 4.74 Å². The molecule has 0 saturated carbocycles. The highest BCUT2D eigenvalue weighted by molar-refractivity contribution is 5.68. The van der Waals surface area contributed by atoms with Crippen molar-refractivity contribution >= 4 is 12.2 Å². The van der Waals surface area contributed by atoms with Crippen molar-refractivity contribution in [1.29, 1.82) is 0 Å². The Labute approximate surface area is 121 Å². The zero-order chi connectivity index (χ0) is 14.2. The Morgan fingerprint density at radius 3 is 2.40 bits per heavy atom. The van der Waals surface area contributed by atoms with Crippen molar-refractivity contribution in [3.63, 3.8) is 0 Å². The van der Waals surface area contributed by atoms with Crippen LogP contribution in [0.5, 0.6) is 5.75 Å². The monoisotopic (exact) mass is 267 g/mol. The molecule has 0 aliphatic heterocycles. The maximum atomic E-state index is 5.42. The van der Waals surface area contributed by atoms with Gasteiger partial charge in [-0.3, -0.25) is 4.98 Å². The van der Waals surface area contributed by atoms with Gasteiger partial charge in [-0.1, -0.05) is 37.6 Å². The molecule has 0 bridgehead atoms. The molecular formula is C18H21NO. The second-order valence-corrected chi connectivity index (χ2v) is 4.68. The molecular weight excluding hydrogens is 246 g/mol. The standard InChI is InChI=1S/C18H21NO/c1-3-5-16-7-11-17(19-14-16)10-6-15-8-12-18(13-9-15)20-4-2/h6-14H,3-5H2,1-2H3. The summed E-state index contributed by atoms with van der Waals surface area (Å²) >= 11 is 0. The van der Waals surface area contributed by atoms with E-state index < -0.39 is 0 Å². The third-order valence-electron chi connectivity index (χ3n) is 3.02. The molecule has 1 aromatic carbocycles. The Hall–Kier alpha value is -2.09. The molecule has 1 aromatic heterocycles. The molecule has 104 valence electrons. The van der Waals surface area contributed by atoms with Crippen LogP contribution >= 0.6 is 0 Å². The molecule has 2 rings (SSSR count). The van der Waals surface area contributed by atoms with Crippen molar-refractivity contribution in [2.45, 2.75) is 26.7 Å². The third kappa shape index (κ3) is 4.23. The molecule has 0 aliphatic rings. The van der Waals surface area contributed by atoms with E-state index in [1.54, 1.807) is 0 Å². The van der Waals surface area contributed by atoms with Crippen LogP contribution in [0.25, 0.3) is 12.2 Å². The number of pyridine rings is 1. The average Bonchev–Trinajstić information content (AvgIpc) is 2.49. The van der Waals surface area contributed by atoms with Crippen LogP contribution in [-0.2, 0) is 6.42 Å². The third-order valence-corrected chi connectivity index (χ3v) is 3.02. The minimum Gasteiger partial charge on any atom is -0.494 e. The van der Waals surface area contributed by atoms with Crippen LogP contribution in [0.3, 0.4) is 0 Å². The molecule has 1 heterocycles. The molecule has 0 N–H and O–H groups in total. The first-order valence-corrected chi connectivity index (χ1v) is 7.17. The van der Waals surface area contributed by atoms with Gasteiger partial charge in [0.2, 0.25) is 0 Å². The maximum Gasteiger partial charge on any atom is 0.119 e. The first kappa shape index (κ1) is 14.3. The second kappa shape index (κ2) is 7.49. The topological polar surface area (TPSA) is 22.1 Å². The van der Waals surface area contributed by atoms with Crippen LogP contribution in [0, 0.1) is 0 Å². The first-order chi connectivity index (χ1) is 9.81. The van der Waals surface area contributed by atoms with E-state index in [4.69, 9.17) is 4.74 Å². The SMILES string of the molecule is CCCc1ccc(C=Cc2ccc(OCC)cc2)nc1. The summed E-state index contributed by atoms with van der Waals surface area (Å²) in [6.45, 7) is 4.87. The summed E-state index contributed by atoms with van der Waals surface area (Å²) in [6, 6.07) is 12.3. The van der Waals surface area contributed by atoms with Crippen molar-refractivity contribution in [3.8, 4) is 5.75 Å². The van der Waals surface area contributed by atoms with E-state index in [-0.39, 0.29) is 0 Å². The number of benzene rings is 1. The van der Waals surface area contributed by atoms with Crippen molar-refractivity contribution in [1.82, 2.24) is 4.98 Å². The summed E-state index contributed by atoms with van der Waals surface area (Å²) in [5.41, 5.74) is 3.43. The highest BCUT2D eigenvalue weighted by Gasteiger charge is 1.94. The molecule has 0 unspecified atom stereocenters. The van der Waals surface area contributed by atoms with Crippen LogP contribution in [0.4, 0.5) is 0 Å². The van der Waals surface area contributed by atoms with Crippen molar-refractivity contribution in [3.05, 3.63) is 59.4 Å². The van der Waals surface area contributed by atoms with E-state index in [1.807, 2.05) is 43.5 Å².